The number of benzene rings is 1. The van der Waals surface area contributed by atoms with Crippen molar-refractivity contribution in [2.24, 2.45) is 0 Å². The van der Waals surface area contributed by atoms with Crippen LogP contribution >= 0.6 is 0 Å². The highest BCUT2D eigenvalue weighted by Crippen LogP contribution is 2.15. The zero-order chi connectivity index (χ0) is 19.9. The maximum absolute atomic E-state index is 12.2. The summed E-state index contributed by atoms with van der Waals surface area (Å²) in [6, 6.07) is 11.2. The van der Waals surface area contributed by atoms with Crippen LogP contribution in [0.2, 0.25) is 0 Å². The van der Waals surface area contributed by atoms with Gasteiger partial charge < -0.3 is 19.2 Å². The Kier molecular flexibility index (Phi) is 6.66. The van der Waals surface area contributed by atoms with Gasteiger partial charge in [-0.05, 0) is 63.1 Å². The van der Waals surface area contributed by atoms with Crippen molar-refractivity contribution in [2.75, 3.05) is 13.2 Å². The average Bonchev–Trinajstić information content (AvgIpc) is 3.11. The number of amides is 1. The van der Waals surface area contributed by atoms with E-state index in [4.69, 9.17) is 9.47 Å². The van der Waals surface area contributed by atoms with E-state index in [-0.39, 0.29) is 12.0 Å². The van der Waals surface area contributed by atoms with Gasteiger partial charge in [0.25, 0.3) is 5.91 Å². The lowest BCUT2D eigenvalue weighted by Crippen LogP contribution is -2.25. The molecule has 0 aliphatic carbocycles. The van der Waals surface area contributed by atoms with Crippen LogP contribution in [-0.2, 0) is 11.3 Å². The second kappa shape index (κ2) is 9.37. The highest BCUT2D eigenvalue weighted by atomic mass is 16.5. The number of carbonyl (C=O) groups excluding carboxylic acids is 1. The highest BCUT2D eigenvalue weighted by molar-refractivity contribution is 5.94. The van der Waals surface area contributed by atoms with E-state index in [2.05, 4.69) is 10.3 Å². The summed E-state index contributed by atoms with van der Waals surface area (Å²) in [6.45, 7) is 7.65. The van der Waals surface area contributed by atoms with E-state index in [1.165, 1.54) is 0 Å². The Labute approximate surface area is 165 Å². The van der Waals surface area contributed by atoms with E-state index in [1.54, 1.807) is 24.3 Å². The zero-order valence-corrected chi connectivity index (χ0v) is 16.6. The molecule has 6 heteroatoms. The molecule has 6 nitrogen and oxygen atoms in total. The molecule has 3 rings (SSSR count). The molecule has 1 N–H and O–H groups in total. The predicted molar refractivity (Wildman–Crippen MR) is 109 cm³/mol. The van der Waals surface area contributed by atoms with E-state index in [1.807, 2.05) is 49.7 Å². The summed E-state index contributed by atoms with van der Waals surface area (Å²) in [5.41, 5.74) is 3.53. The minimum atomic E-state index is -0.0908. The Bertz CT molecular complexity index is 916. The van der Waals surface area contributed by atoms with Crippen molar-refractivity contribution in [3.05, 3.63) is 65.6 Å². The number of hydrogen-bond donors (Lipinski definition) is 1. The smallest absolute Gasteiger partial charge is 0.251 e. The largest absolute Gasteiger partial charge is 0.487 e. The van der Waals surface area contributed by atoms with Crippen molar-refractivity contribution in [1.29, 1.82) is 0 Å². The number of imidazole rings is 1. The van der Waals surface area contributed by atoms with Crippen LogP contribution in [0.15, 0.2) is 48.8 Å². The molecule has 0 radical (unpaired) electrons. The van der Waals surface area contributed by atoms with E-state index >= 15 is 0 Å². The summed E-state index contributed by atoms with van der Waals surface area (Å²) in [6.07, 6.45) is 4.95. The number of aryl methyl sites for hydroxylation is 1. The third kappa shape index (κ3) is 5.33. The van der Waals surface area contributed by atoms with Crippen LogP contribution in [0, 0.1) is 6.92 Å². The van der Waals surface area contributed by atoms with Gasteiger partial charge in [-0.2, -0.15) is 0 Å². The Morgan fingerprint density at radius 1 is 1.21 bits per heavy atom. The standard InChI is InChI=1S/C22H27N3O3/c1-16(2)27-13-5-11-23-22(26)18-7-9-20(10-8-18)28-15-19-14-25-12-4-6-17(3)21(25)24-19/h4,6-10,12,14,16H,5,11,13,15H2,1-3H3,(H,23,26). The maximum atomic E-state index is 12.2. The Balaban J connectivity index is 1.48. The number of nitrogens with one attached hydrogen (secondary N) is 1. The Morgan fingerprint density at radius 2 is 2.00 bits per heavy atom. The van der Waals surface area contributed by atoms with Gasteiger partial charge >= 0.3 is 0 Å². The van der Waals surface area contributed by atoms with E-state index in [0.717, 1.165) is 23.3 Å². The number of aromatic nitrogens is 2. The molecule has 0 saturated carbocycles. The van der Waals surface area contributed by atoms with Crippen molar-refractivity contribution < 1.29 is 14.3 Å². The van der Waals surface area contributed by atoms with Crippen LogP contribution in [0.25, 0.3) is 5.65 Å². The van der Waals surface area contributed by atoms with Crippen LogP contribution in [0.3, 0.4) is 0 Å². The molecule has 0 spiro atoms. The van der Waals surface area contributed by atoms with Crippen molar-refractivity contribution in [3.8, 4) is 5.75 Å². The molecule has 1 aromatic carbocycles. The van der Waals surface area contributed by atoms with Crippen LogP contribution in [0.5, 0.6) is 5.75 Å². The normalized spacial score (nSPS) is 11.1. The third-order valence-corrected chi connectivity index (χ3v) is 4.29. The first-order valence-electron chi connectivity index (χ1n) is 9.59. The summed E-state index contributed by atoms with van der Waals surface area (Å²) in [4.78, 5) is 16.8. The molecule has 0 aliphatic rings. The molecule has 0 bridgehead atoms. The highest BCUT2D eigenvalue weighted by Gasteiger charge is 2.07. The molecule has 2 aromatic heterocycles. The molecule has 2 heterocycles. The van der Waals surface area contributed by atoms with Gasteiger partial charge in [0.15, 0.2) is 0 Å². The molecule has 0 aliphatic heterocycles. The number of pyridine rings is 1. The molecule has 0 unspecified atom stereocenters. The van der Waals surface area contributed by atoms with E-state index in [0.29, 0.717) is 31.1 Å². The molecule has 28 heavy (non-hydrogen) atoms. The van der Waals surface area contributed by atoms with Crippen molar-refractivity contribution in [3.63, 3.8) is 0 Å². The SMILES string of the molecule is Cc1cccn2cc(COc3ccc(C(=O)NCCCOC(C)C)cc3)nc12. The van der Waals surface area contributed by atoms with Gasteiger partial charge in [0.05, 0.1) is 11.8 Å². The molecule has 0 fully saturated rings. The lowest BCUT2D eigenvalue weighted by Gasteiger charge is -2.09. The summed E-state index contributed by atoms with van der Waals surface area (Å²) < 4.78 is 13.3. The summed E-state index contributed by atoms with van der Waals surface area (Å²) in [5.74, 6) is 0.614. The quantitative estimate of drug-likeness (QED) is 0.573. The first kappa shape index (κ1) is 19.9. The van der Waals surface area contributed by atoms with Crippen LogP contribution < -0.4 is 10.1 Å². The van der Waals surface area contributed by atoms with E-state index in [9.17, 15) is 4.79 Å². The van der Waals surface area contributed by atoms with Gasteiger partial charge in [-0.15, -0.1) is 0 Å². The fraction of sp³-hybridized carbons (Fsp3) is 0.364. The van der Waals surface area contributed by atoms with Crippen molar-refractivity contribution in [1.82, 2.24) is 14.7 Å². The molecular formula is C22H27N3O3. The van der Waals surface area contributed by atoms with Crippen molar-refractivity contribution >= 4 is 11.6 Å². The van der Waals surface area contributed by atoms with Gasteiger partial charge in [0.1, 0.15) is 18.0 Å². The van der Waals surface area contributed by atoms with Crippen molar-refractivity contribution in [2.45, 2.75) is 39.9 Å². The summed E-state index contributed by atoms with van der Waals surface area (Å²) >= 11 is 0. The lowest BCUT2D eigenvalue weighted by atomic mass is 10.2. The average molecular weight is 381 g/mol. The summed E-state index contributed by atoms with van der Waals surface area (Å²) in [7, 11) is 0. The molecule has 0 saturated heterocycles. The molecule has 3 aromatic rings. The molecule has 1 amide bonds. The van der Waals surface area contributed by atoms with Crippen LogP contribution in [0.4, 0.5) is 0 Å². The minimum absolute atomic E-state index is 0.0908. The number of hydrogen-bond acceptors (Lipinski definition) is 4. The minimum Gasteiger partial charge on any atom is -0.487 e. The third-order valence-electron chi connectivity index (χ3n) is 4.29. The van der Waals surface area contributed by atoms with E-state index < -0.39 is 0 Å². The second-order valence-corrected chi connectivity index (χ2v) is 7.00. The monoisotopic (exact) mass is 381 g/mol. The number of ether oxygens (including phenoxy) is 2. The predicted octanol–water partition coefficient (Wildman–Crippen LogP) is 3.77. The van der Waals surface area contributed by atoms with Gasteiger partial charge in [0.2, 0.25) is 0 Å². The van der Waals surface area contributed by atoms with Crippen LogP contribution in [0.1, 0.15) is 41.9 Å². The molecule has 148 valence electrons. The van der Waals surface area contributed by atoms with Gasteiger partial charge in [0, 0.05) is 31.1 Å². The Morgan fingerprint density at radius 3 is 2.71 bits per heavy atom. The Hall–Kier alpha value is -2.86. The number of fused-ring (bicyclic) bond motifs is 1. The zero-order valence-electron chi connectivity index (χ0n) is 16.6. The molecular weight excluding hydrogens is 354 g/mol. The van der Waals surface area contributed by atoms with Gasteiger partial charge in [-0.25, -0.2) is 4.98 Å². The second-order valence-electron chi connectivity index (χ2n) is 7.00. The number of rotatable bonds is 9. The van der Waals surface area contributed by atoms with Crippen LogP contribution in [-0.4, -0.2) is 34.5 Å². The fourth-order valence-electron chi connectivity index (χ4n) is 2.83. The van der Waals surface area contributed by atoms with Gasteiger partial charge in [-0.1, -0.05) is 6.07 Å². The number of carbonyl (C=O) groups is 1. The fourth-order valence-corrected chi connectivity index (χ4v) is 2.83. The number of nitrogens with zero attached hydrogens (tertiary/aromatic N) is 2. The maximum Gasteiger partial charge on any atom is 0.251 e. The molecule has 0 atom stereocenters. The summed E-state index contributed by atoms with van der Waals surface area (Å²) in [5, 5.41) is 2.90. The van der Waals surface area contributed by atoms with Gasteiger partial charge in [-0.3, -0.25) is 4.79 Å². The lowest BCUT2D eigenvalue weighted by molar-refractivity contribution is 0.0757. The first-order chi connectivity index (χ1) is 13.5. The topological polar surface area (TPSA) is 64.9 Å². The first-order valence-corrected chi connectivity index (χ1v) is 9.59.